The second-order valence-electron chi connectivity index (χ2n) is 5.04. The van der Waals surface area contributed by atoms with Crippen LogP contribution in [0, 0.1) is 6.92 Å². The summed E-state index contributed by atoms with van der Waals surface area (Å²) in [5.41, 5.74) is 0.567. The first-order valence-corrected chi connectivity index (χ1v) is 9.25. The fourth-order valence-corrected chi connectivity index (χ4v) is 3.17. The molecule has 0 spiro atoms. The van der Waals surface area contributed by atoms with Crippen LogP contribution in [0.25, 0.3) is 0 Å². The topological polar surface area (TPSA) is 58.5 Å². The van der Waals surface area contributed by atoms with Crippen LogP contribution in [0.15, 0.2) is 33.9 Å². The number of nitrogens with zero attached hydrogens (tertiary/aromatic N) is 2. The van der Waals surface area contributed by atoms with Crippen molar-refractivity contribution in [2.75, 3.05) is 6.54 Å². The molecule has 0 saturated carbocycles. The first kappa shape index (κ1) is 19.6. The summed E-state index contributed by atoms with van der Waals surface area (Å²) >= 11 is 4.94. The molecule has 1 heterocycles. The lowest BCUT2D eigenvalue weighted by Gasteiger charge is -2.12. The molecule has 5 nitrogen and oxygen atoms in total. The Kier molecular flexibility index (Phi) is 7.57. The SMILES string of the molecule is CCNC(=NCc1cc(Br)ccc1OC(F)F)NCc1ncc(C)s1. The molecule has 1 aromatic heterocycles. The number of aromatic nitrogens is 1. The Morgan fingerprint density at radius 3 is 2.84 bits per heavy atom. The molecule has 0 fully saturated rings. The van der Waals surface area contributed by atoms with E-state index in [0.717, 1.165) is 14.4 Å². The molecule has 0 unspecified atom stereocenters. The van der Waals surface area contributed by atoms with E-state index in [1.165, 1.54) is 6.07 Å². The minimum Gasteiger partial charge on any atom is -0.434 e. The number of nitrogens with one attached hydrogen (secondary N) is 2. The summed E-state index contributed by atoms with van der Waals surface area (Å²) in [5.74, 6) is 0.701. The number of benzene rings is 1. The highest BCUT2D eigenvalue weighted by Gasteiger charge is 2.10. The van der Waals surface area contributed by atoms with Crippen LogP contribution >= 0.6 is 27.3 Å². The monoisotopic (exact) mass is 432 g/mol. The van der Waals surface area contributed by atoms with E-state index in [9.17, 15) is 8.78 Å². The Hall–Kier alpha value is -1.74. The van der Waals surface area contributed by atoms with Crippen LogP contribution in [0.5, 0.6) is 5.75 Å². The third-order valence-corrected chi connectivity index (χ3v) is 4.47. The van der Waals surface area contributed by atoms with E-state index in [2.05, 4.69) is 41.3 Å². The number of ether oxygens (including phenoxy) is 1. The Morgan fingerprint density at radius 2 is 2.20 bits per heavy atom. The van der Waals surface area contributed by atoms with Crippen LogP contribution in [0.1, 0.15) is 22.4 Å². The number of alkyl halides is 2. The molecular formula is C16H19BrF2N4OS. The van der Waals surface area contributed by atoms with Crippen LogP contribution in [0.3, 0.4) is 0 Å². The van der Waals surface area contributed by atoms with Gasteiger partial charge in [-0.3, -0.25) is 0 Å². The minimum absolute atomic E-state index is 0.119. The van der Waals surface area contributed by atoms with Gasteiger partial charge in [-0.15, -0.1) is 11.3 Å². The van der Waals surface area contributed by atoms with Gasteiger partial charge in [0.1, 0.15) is 10.8 Å². The molecule has 0 radical (unpaired) electrons. The summed E-state index contributed by atoms with van der Waals surface area (Å²) in [7, 11) is 0. The zero-order chi connectivity index (χ0) is 18.2. The third kappa shape index (κ3) is 6.58. The Morgan fingerprint density at radius 1 is 1.40 bits per heavy atom. The van der Waals surface area contributed by atoms with Crippen LogP contribution in [0.4, 0.5) is 8.78 Å². The van der Waals surface area contributed by atoms with Crippen molar-refractivity contribution in [3.63, 3.8) is 0 Å². The summed E-state index contributed by atoms with van der Waals surface area (Å²) in [6, 6.07) is 4.87. The lowest BCUT2D eigenvalue weighted by molar-refractivity contribution is -0.0504. The molecule has 0 bridgehead atoms. The van der Waals surface area contributed by atoms with E-state index in [1.807, 2.05) is 20.0 Å². The van der Waals surface area contributed by atoms with Crippen molar-refractivity contribution in [1.29, 1.82) is 0 Å². The van der Waals surface area contributed by atoms with Crippen LogP contribution in [-0.4, -0.2) is 24.1 Å². The maximum Gasteiger partial charge on any atom is 0.387 e. The van der Waals surface area contributed by atoms with E-state index >= 15 is 0 Å². The van der Waals surface area contributed by atoms with Crippen molar-refractivity contribution in [1.82, 2.24) is 15.6 Å². The predicted octanol–water partition coefficient (Wildman–Crippen LogP) is 4.07. The van der Waals surface area contributed by atoms with Crippen molar-refractivity contribution in [3.05, 3.63) is 44.3 Å². The summed E-state index contributed by atoms with van der Waals surface area (Å²) in [6.45, 7) is 2.51. The fraction of sp³-hybridized carbons (Fsp3) is 0.375. The Labute approximate surface area is 157 Å². The summed E-state index contributed by atoms with van der Waals surface area (Å²) in [6.07, 6.45) is 1.82. The van der Waals surface area contributed by atoms with Crippen molar-refractivity contribution in [2.24, 2.45) is 4.99 Å². The average Bonchev–Trinajstić information content (AvgIpc) is 2.97. The van der Waals surface area contributed by atoms with Gasteiger partial charge in [0.15, 0.2) is 5.96 Å². The molecule has 0 aliphatic carbocycles. The molecular weight excluding hydrogens is 414 g/mol. The van der Waals surface area contributed by atoms with Crippen molar-refractivity contribution in [3.8, 4) is 5.75 Å². The first-order chi connectivity index (χ1) is 12.0. The summed E-state index contributed by atoms with van der Waals surface area (Å²) in [5, 5.41) is 7.25. The second-order valence-corrected chi connectivity index (χ2v) is 7.28. The lowest BCUT2D eigenvalue weighted by Crippen LogP contribution is -2.36. The molecule has 0 aliphatic rings. The maximum atomic E-state index is 12.5. The molecule has 9 heteroatoms. The smallest absolute Gasteiger partial charge is 0.387 e. The van der Waals surface area contributed by atoms with E-state index in [0.29, 0.717) is 24.6 Å². The number of hydrogen-bond acceptors (Lipinski definition) is 4. The number of rotatable bonds is 7. The normalized spacial score (nSPS) is 11.7. The zero-order valence-electron chi connectivity index (χ0n) is 13.9. The largest absolute Gasteiger partial charge is 0.434 e. The number of halogens is 3. The fourth-order valence-electron chi connectivity index (χ4n) is 2.03. The van der Waals surface area contributed by atoms with Gasteiger partial charge in [-0.05, 0) is 32.0 Å². The van der Waals surface area contributed by atoms with Crippen molar-refractivity contribution in [2.45, 2.75) is 33.5 Å². The van der Waals surface area contributed by atoms with Crippen LogP contribution in [-0.2, 0) is 13.1 Å². The highest BCUT2D eigenvalue weighted by Crippen LogP contribution is 2.25. The van der Waals surface area contributed by atoms with Crippen LogP contribution in [0.2, 0.25) is 0 Å². The van der Waals surface area contributed by atoms with Gasteiger partial charge in [0.05, 0.1) is 13.1 Å². The number of thiazole rings is 1. The van der Waals surface area contributed by atoms with Gasteiger partial charge in [-0.2, -0.15) is 8.78 Å². The molecule has 1 aromatic carbocycles. The molecule has 25 heavy (non-hydrogen) atoms. The molecule has 0 atom stereocenters. The lowest BCUT2D eigenvalue weighted by atomic mass is 10.2. The summed E-state index contributed by atoms with van der Waals surface area (Å²) < 4.78 is 30.4. The molecule has 0 saturated heterocycles. The molecule has 2 rings (SSSR count). The van der Waals surface area contributed by atoms with Crippen LogP contribution < -0.4 is 15.4 Å². The average molecular weight is 433 g/mol. The highest BCUT2D eigenvalue weighted by atomic mass is 79.9. The van der Waals surface area contributed by atoms with Gasteiger partial charge >= 0.3 is 6.61 Å². The number of hydrogen-bond donors (Lipinski definition) is 2. The second kappa shape index (κ2) is 9.67. The molecule has 2 N–H and O–H groups in total. The molecule has 0 aliphatic heterocycles. The first-order valence-electron chi connectivity index (χ1n) is 7.64. The summed E-state index contributed by atoms with van der Waals surface area (Å²) in [4.78, 5) is 9.87. The Balaban J connectivity index is 2.08. The van der Waals surface area contributed by atoms with E-state index < -0.39 is 6.61 Å². The van der Waals surface area contributed by atoms with Crippen molar-refractivity contribution >= 4 is 33.2 Å². The van der Waals surface area contributed by atoms with Gasteiger partial charge in [-0.1, -0.05) is 15.9 Å². The van der Waals surface area contributed by atoms with Gasteiger partial charge < -0.3 is 15.4 Å². The number of guanidine groups is 1. The van der Waals surface area contributed by atoms with E-state index in [-0.39, 0.29) is 12.3 Å². The number of aryl methyl sites for hydroxylation is 1. The number of aliphatic imine (C=N–C) groups is 1. The zero-order valence-corrected chi connectivity index (χ0v) is 16.3. The quantitative estimate of drug-likeness (QED) is 0.511. The minimum atomic E-state index is -2.87. The molecule has 136 valence electrons. The van der Waals surface area contributed by atoms with Gasteiger partial charge in [0.2, 0.25) is 0 Å². The van der Waals surface area contributed by atoms with Gasteiger partial charge in [0, 0.05) is 27.7 Å². The van der Waals surface area contributed by atoms with Crippen molar-refractivity contribution < 1.29 is 13.5 Å². The molecule has 2 aromatic rings. The maximum absolute atomic E-state index is 12.5. The predicted molar refractivity (Wildman–Crippen MR) is 99.3 cm³/mol. The molecule has 0 amide bonds. The Bertz CT molecular complexity index is 724. The van der Waals surface area contributed by atoms with E-state index in [4.69, 9.17) is 0 Å². The van der Waals surface area contributed by atoms with E-state index in [1.54, 1.807) is 23.5 Å². The van der Waals surface area contributed by atoms with Gasteiger partial charge in [-0.25, -0.2) is 9.98 Å². The standard InChI is InChI=1S/C16H19BrF2N4OS/c1-3-20-16(23-9-14-21-7-10(2)25-14)22-8-11-6-12(17)4-5-13(11)24-15(18)19/h4-7,15H,3,8-9H2,1-2H3,(H2,20,22,23). The third-order valence-electron chi connectivity index (χ3n) is 3.07. The highest BCUT2D eigenvalue weighted by molar-refractivity contribution is 9.10. The van der Waals surface area contributed by atoms with Gasteiger partial charge in [0.25, 0.3) is 0 Å².